The largest absolute Gasteiger partial charge is 4.00 e. The molecule has 1 heteroatoms. The van der Waals surface area contributed by atoms with Gasteiger partial charge in [0.05, 0.1) is 0 Å². The fraction of sp³-hybridized carbons (Fsp3) is 0.714. The average molecular weight is 704 g/mol. The Hall–Kier alpha value is -0.632. The first-order valence-electron chi connectivity index (χ1n) is 12.0. The van der Waals surface area contributed by atoms with Gasteiger partial charge in [0.1, 0.15) is 0 Å². The van der Waals surface area contributed by atoms with Crippen molar-refractivity contribution in [3.05, 3.63) is 29.7 Å². The minimum absolute atomic E-state index is 0. The number of rotatable bonds is 0. The van der Waals surface area contributed by atoms with E-state index in [2.05, 4.69) is 92.4 Å². The molecular weight excluding hydrogens is 615 g/mol. The second-order valence-corrected chi connectivity index (χ2v) is 3.62. The van der Waals surface area contributed by atoms with Crippen LogP contribution in [0.1, 0.15) is 172 Å². The third-order valence-corrected chi connectivity index (χ3v) is 0.250. The maximum atomic E-state index is 4.60. The summed E-state index contributed by atoms with van der Waals surface area (Å²) >= 11 is 0. The summed E-state index contributed by atoms with van der Waals surface area (Å²) in [6.45, 7) is 38.3. The van der Waals surface area contributed by atoms with E-state index >= 15 is 0 Å². The van der Waals surface area contributed by atoms with Gasteiger partial charge in [-0.3, -0.25) is 0 Å². The van der Waals surface area contributed by atoms with E-state index in [-0.39, 0.29) is 65.6 Å². The molecule has 0 heterocycles. The summed E-state index contributed by atoms with van der Waals surface area (Å²) < 4.78 is 0. The van der Waals surface area contributed by atoms with Crippen LogP contribution in [0.4, 0.5) is 0 Å². The Morgan fingerprint density at radius 3 is 0.444 bits per heavy atom. The van der Waals surface area contributed by atoms with E-state index in [1.807, 2.05) is 69.2 Å². The average Bonchev–Trinajstić information content (AvgIpc) is 2.78. The summed E-state index contributed by atoms with van der Waals surface area (Å²) in [5.74, 6) is 7.61. The number of terminal acetylenes is 2. The molecule has 0 aromatic heterocycles. The van der Waals surface area contributed by atoms with E-state index in [9.17, 15) is 0 Å². The van der Waals surface area contributed by atoms with Gasteiger partial charge >= 0.3 is 21.1 Å². The van der Waals surface area contributed by atoms with E-state index in [1.54, 1.807) is 6.92 Å². The summed E-state index contributed by atoms with van der Waals surface area (Å²) in [4.78, 5) is 0. The van der Waals surface area contributed by atoms with Gasteiger partial charge in [-0.1, -0.05) is 151 Å². The first-order valence-corrected chi connectivity index (χ1v) is 12.0. The molecule has 0 N–H and O–H groups in total. The molecule has 0 unspecified atom stereocenters. The van der Waals surface area contributed by atoms with Crippen LogP contribution in [-0.4, -0.2) is 0 Å². The summed E-state index contributed by atoms with van der Waals surface area (Å²) in [7, 11) is 0. The van der Waals surface area contributed by atoms with Crippen LogP contribution in [-0.2, 0) is 21.1 Å². The molecule has 0 radical (unpaired) electrons. The molecule has 0 saturated carbocycles. The molecule has 0 atom stereocenters. The molecule has 0 aliphatic carbocycles. The van der Waals surface area contributed by atoms with Crippen molar-refractivity contribution < 1.29 is 21.1 Å². The van der Waals surface area contributed by atoms with Gasteiger partial charge < -0.3 is 29.7 Å². The minimum atomic E-state index is 0. The van der Waals surface area contributed by atoms with Gasteiger partial charge in [0.2, 0.25) is 0 Å². The van der Waals surface area contributed by atoms with Crippen LogP contribution < -0.4 is 0 Å². The van der Waals surface area contributed by atoms with E-state index < -0.39 is 0 Å². The Kier molecular flexibility index (Phi) is 3630. The van der Waals surface area contributed by atoms with E-state index in [0.717, 1.165) is 0 Å². The van der Waals surface area contributed by atoms with E-state index in [1.165, 1.54) is 25.7 Å². The van der Waals surface area contributed by atoms with Crippen LogP contribution in [0.25, 0.3) is 0 Å². The van der Waals surface area contributed by atoms with Gasteiger partial charge in [0.15, 0.2) is 0 Å². The van der Waals surface area contributed by atoms with Gasteiger partial charge in [-0.15, -0.1) is 37.0 Å². The summed E-state index contributed by atoms with van der Waals surface area (Å²) in [6, 6.07) is 0. The van der Waals surface area contributed by atoms with Crippen LogP contribution >= 0.6 is 0 Å². The zero-order chi connectivity index (χ0) is 26.9. The van der Waals surface area contributed by atoms with Crippen LogP contribution in [0.5, 0.6) is 0 Å². The third-order valence-electron chi connectivity index (χ3n) is 0.250. The monoisotopic (exact) mass is 704 g/mol. The molecule has 0 saturated heterocycles. The molecular formula is C35H88Pt. The van der Waals surface area contributed by atoms with Gasteiger partial charge in [-0.25, -0.2) is 0 Å². The quantitative estimate of drug-likeness (QED) is 0.174. The fourth-order valence-electron chi connectivity index (χ4n) is 0. The van der Waals surface area contributed by atoms with Crippen molar-refractivity contribution in [2.75, 3.05) is 0 Å². The van der Waals surface area contributed by atoms with E-state index in [0.29, 0.717) is 0 Å². The third kappa shape index (κ3) is 258000. The van der Waals surface area contributed by atoms with Gasteiger partial charge in [-0.2, -0.15) is 0 Å². The van der Waals surface area contributed by atoms with Crippen molar-refractivity contribution in [1.29, 1.82) is 0 Å². The molecule has 0 amide bonds. The normalized spacial score (nSPS) is 3.33. The summed E-state index contributed by atoms with van der Waals surface area (Å²) in [5, 5.41) is 0. The first kappa shape index (κ1) is 138. The van der Waals surface area contributed by atoms with Crippen LogP contribution in [0.15, 0.2) is 0 Å². The Morgan fingerprint density at radius 1 is 0.417 bits per heavy atom. The molecule has 0 rings (SSSR count). The van der Waals surface area contributed by atoms with Gasteiger partial charge in [0.25, 0.3) is 0 Å². The smallest absolute Gasteiger partial charge is 0.358 e. The molecule has 36 heavy (non-hydrogen) atoms. The van der Waals surface area contributed by atoms with Crippen molar-refractivity contribution in [3.63, 3.8) is 0 Å². The van der Waals surface area contributed by atoms with Crippen molar-refractivity contribution >= 4 is 0 Å². The van der Waals surface area contributed by atoms with Crippen molar-refractivity contribution in [3.8, 4) is 37.0 Å². The summed E-state index contributed by atoms with van der Waals surface area (Å²) in [6.07, 6.45) is 17.6. The molecule has 0 aromatic rings. The Bertz CT molecular complexity index is 160. The SMILES string of the molecule is C.C.C#C.C#CC.CC.CC.CC.CC.CC#CC.CCC.CCC.CCC.CCC.[CH3-].[CH3-].[CH3-].[CH3-].[Pt+4]. The molecule has 0 aromatic carbocycles. The number of hydrogen-bond donors (Lipinski definition) is 0. The molecule has 0 aliphatic heterocycles. The van der Waals surface area contributed by atoms with Gasteiger partial charge in [-0.05, 0) is 20.8 Å². The summed E-state index contributed by atoms with van der Waals surface area (Å²) in [5.41, 5.74) is 0. The van der Waals surface area contributed by atoms with Crippen molar-refractivity contribution in [1.82, 2.24) is 0 Å². The Labute approximate surface area is 259 Å². The molecule has 0 bridgehead atoms. The maximum absolute atomic E-state index is 4.60. The predicted molar refractivity (Wildman–Crippen MR) is 192 cm³/mol. The van der Waals surface area contributed by atoms with Crippen molar-refractivity contribution in [2.45, 2.75) is 172 Å². The fourth-order valence-corrected chi connectivity index (χ4v) is 0. The number of hydrogen-bond acceptors (Lipinski definition) is 0. The topological polar surface area (TPSA) is 0 Å². The second kappa shape index (κ2) is 944. The molecule has 0 aliphatic rings. The van der Waals surface area contributed by atoms with Crippen LogP contribution in [0, 0.1) is 66.7 Å². The Morgan fingerprint density at radius 2 is 0.444 bits per heavy atom. The molecule has 0 nitrogen and oxygen atoms in total. The predicted octanol–water partition coefficient (Wildman–Crippen LogP) is 14.8. The van der Waals surface area contributed by atoms with Crippen LogP contribution in [0.2, 0.25) is 0 Å². The zero-order valence-electron chi connectivity index (χ0n) is 29.4. The Balaban J connectivity index is -0.00000000612. The van der Waals surface area contributed by atoms with E-state index in [4.69, 9.17) is 0 Å². The van der Waals surface area contributed by atoms with Crippen LogP contribution in [0.3, 0.4) is 0 Å². The first-order chi connectivity index (χ1) is 14.0. The molecule has 0 fully saturated rings. The molecule has 0 spiro atoms. The molecule has 238 valence electrons. The maximum Gasteiger partial charge on any atom is 4.00 e. The second-order valence-electron chi connectivity index (χ2n) is 3.62. The minimum Gasteiger partial charge on any atom is -0.358 e. The zero-order valence-corrected chi connectivity index (χ0v) is 31.6. The van der Waals surface area contributed by atoms with Crippen molar-refractivity contribution in [2.24, 2.45) is 0 Å². The standard InChI is InChI=1S/C4H6.4C3H8.C3H4.4C2H6.C2H2.2CH4.4CH3.Pt/c1-3-4-2;5*1-3-2;5*1-2;;;;;;;/h1-2H3;4*3H2,1-2H3;1H,2H3;4*1-2H3;1-2H;2*1H4;4*1H3;/q;;;;;;;;;;;;;4*-1;+4. The van der Waals surface area contributed by atoms with Gasteiger partial charge in [0, 0.05) is 0 Å².